The lowest BCUT2D eigenvalue weighted by Gasteiger charge is -2.20. The fraction of sp³-hybridized carbons (Fsp3) is 0.417. The Bertz CT molecular complexity index is 443. The number of nitrogens with zero attached hydrogens (tertiary/aromatic N) is 2. The smallest absolute Gasteiger partial charge is 0.319 e. The second kappa shape index (κ2) is 6.28. The first-order valence-electron chi connectivity index (χ1n) is 5.14. The van der Waals surface area contributed by atoms with Gasteiger partial charge in [-0.15, -0.1) is 11.3 Å². The zero-order valence-corrected chi connectivity index (χ0v) is 11.0. The topological polar surface area (TPSA) is 43.8 Å². The predicted molar refractivity (Wildman–Crippen MR) is 68.8 cm³/mol. The van der Waals surface area contributed by atoms with Gasteiger partial charge in [0.25, 0.3) is 0 Å². The van der Waals surface area contributed by atoms with Gasteiger partial charge in [-0.25, -0.2) is 4.79 Å². The van der Waals surface area contributed by atoms with Crippen LogP contribution in [0.5, 0.6) is 0 Å². The van der Waals surface area contributed by atoms with E-state index in [9.17, 15) is 4.79 Å². The minimum atomic E-state index is -0.135. The second-order valence-corrected chi connectivity index (χ2v) is 4.79. The maximum absolute atomic E-state index is 11.6. The van der Waals surface area contributed by atoms with E-state index in [1.165, 1.54) is 0 Å². The molecule has 0 atom stereocenters. The molecule has 1 heterocycles. The molecular formula is C12H16N2O2S. The molecule has 0 radical (unpaired) electrons. The summed E-state index contributed by atoms with van der Waals surface area (Å²) in [6.45, 7) is 0.437. The van der Waals surface area contributed by atoms with Crippen LogP contribution in [0.4, 0.5) is 4.79 Å². The molecule has 4 nitrogen and oxygen atoms in total. The first-order chi connectivity index (χ1) is 8.04. The molecule has 0 saturated heterocycles. The lowest BCUT2D eigenvalue weighted by atomic mass is 10.3. The van der Waals surface area contributed by atoms with Crippen molar-refractivity contribution in [1.82, 2.24) is 9.80 Å². The molecule has 0 saturated carbocycles. The SMILES string of the molecule is CN(C)C(=O)N(C)Cc1cc(C#CCO)cs1. The normalized spacial score (nSPS) is 9.41. The average Bonchev–Trinajstić information content (AvgIpc) is 2.72. The fourth-order valence-corrected chi connectivity index (χ4v) is 2.18. The second-order valence-electron chi connectivity index (χ2n) is 3.79. The Morgan fingerprint density at radius 1 is 1.47 bits per heavy atom. The van der Waals surface area contributed by atoms with E-state index < -0.39 is 0 Å². The highest BCUT2D eigenvalue weighted by molar-refractivity contribution is 7.10. The first-order valence-corrected chi connectivity index (χ1v) is 6.02. The molecule has 1 aromatic rings. The highest BCUT2D eigenvalue weighted by Gasteiger charge is 2.11. The van der Waals surface area contributed by atoms with Crippen molar-refractivity contribution in [2.24, 2.45) is 0 Å². The van der Waals surface area contributed by atoms with Crippen LogP contribution in [-0.2, 0) is 6.54 Å². The molecule has 5 heteroatoms. The third-order valence-corrected chi connectivity index (χ3v) is 2.99. The number of rotatable bonds is 2. The van der Waals surface area contributed by atoms with Gasteiger partial charge in [-0.2, -0.15) is 0 Å². The van der Waals surface area contributed by atoms with Crippen LogP contribution in [0.1, 0.15) is 10.4 Å². The van der Waals surface area contributed by atoms with Crippen LogP contribution in [-0.4, -0.2) is 48.7 Å². The van der Waals surface area contributed by atoms with Crippen molar-refractivity contribution in [3.8, 4) is 11.8 Å². The molecule has 0 bridgehead atoms. The van der Waals surface area contributed by atoms with E-state index in [0.717, 1.165) is 10.4 Å². The molecule has 0 aliphatic heterocycles. The summed E-state index contributed by atoms with van der Waals surface area (Å²) in [4.78, 5) is 15.9. The van der Waals surface area contributed by atoms with Gasteiger partial charge in [0.05, 0.1) is 6.54 Å². The van der Waals surface area contributed by atoms with Gasteiger partial charge in [-0.05, 0) is 6.07 Å². The maximum Gasteiger partial charge on any atom is 0.319 e. The molecule has 0 aliphatic carbocycles. The summed E-state index contributed by atoms with van der Waals surface area (Å²) in [6, 6.07) is 1.91. The summed E-state index contributed by atoms with van der Waals surface area (Å²) in [7, 11) is 5.22. The molecule has 0 aliphatic rings. The van der Waals surface area contributed by atoms with Crippen molar-refractivity contribution < 1.29 is 9.90 Å². The van der Waals surface area contributed by atoms with Crippen LogP contribution in [0, 0.1) is 11.8 Å². The summed E-state index contributed by atoms with van der Waals surface area (Å²) in [5, 5.41) is 10.5. The maximum atomic E-state index is 11.6. The van der Waals surface area contributed by atoms with Gasteiger partial charge in [0.15, 0.2) is 0 Å². The molecule has 1 N–H and O–H groups in total. The Morgan fingerprint density at radius 2 is 2.18 bits per heavy atom. The quantitative estimate of drug-likeness (QED) is 0.804. The highest BCUT2D eigenvalue weighted by atomic mass is 32.1. The number of aliphatic hydroxyl groups excluding tert-OH is 1. The predicted octanol–water partition coefficient (Wildman–Crippen LogP) is 1.21. The van der Waals surface area contributed by atoms with Crippen LogP contribution in [0.3, 0.4) is 0 Å². The van der Waals surface area contributed by atoms with Crippen LogP contribution < -0.4 is 0 Å². The molecule has 1 rings (SSSR count). The van der Waals surface area contributed by atoms with E-state index in [2.05, 4.69) is 11.8 Å². The minimum absolute atomic E-state index is 0.0265. The number of thiophene rings is 1. The van der Waals surface area contributed by atoms with E-state index in [1.807, 2.05) is 11.4 Å². The van der Waals surface area contributed by atoms with E-state index >= 15 is 0 Å². The molecule has 92 valence electrons. The third-order valence-electron chi connectivity index (χ3n) is 2.07. The number of carbonyl (C=O) groups excluding carboxylic acids is 1. The zero-order valence-electron chi connectivity index (χ0n) is 10.2. The average molecular weight is 252 g/mol. The lowest BCUT2D eigenvalue weighted by Crippen LogP contribution is -2.35. The van der Waals surface area contributed by atoms with Crippen molar-refractivity contribution in [3.05, 3.63) is 21.9 Å². The van der Waals surface area contributed by atoms with E-state index in [4.69, 9.17) is 5.11 Å². The molecule has 1 aromatic heterocycles. The Balaban J connectivity index is 2.63. The van der Waals surface area contributed by atoms with E-state index in [1.54, 1.807) is 42.3 Å². The standard InChI is InChI=1S/C12H16N2O2S/c1-13(2)12(16)14(3)8-11-7-10(9-17-11)5-4-6-15/h7,9,15H,6,8H2,1-3H3. The molecule has 2 amide bonds. The molecule has 0 aromatic carbocycles. The number of carbonyl (C=O) groups is 1. The van der Waals surface area contributed by atoms with Crippen molar-refractivity contribution in [1.29, 1.82) is 0 Å². The largest absolute Gasteiger partial charge is 0.384 e. The third kappa shape index (κ3) is 4.10. The van der Waals surface area contributed by atoms with Gasteiger partial charge in [0, 0.05) is 37.0 Å². The summed E-state index contributed by atoms with van der Waals surface area (Å²) < 4.78 is 0. The molecule has 17 heavy (non-hydrogen) atoms. The summed E-state index contributed by atoms with van der Waals surface area (Å²) in [6.07, 6.45) is 0. The van der Waals surface area contributed by atoms with Crippen molar-refractivity contribution in [2.75, 3.05) is 27.7 Å². The fourth-order valence-electron chi connectivity index (χ4n) is 1.31. The minimum Gasteiger partial charge on any atom is -0.384 e. The van der Waals surface area contributed by atoms with E-state index in [0.29, 0.717) is 6.54 Å². The molecular weight excluding hydrogens is 236 g/mol. The molecule has 0 spiro atoms. The Kier molecular flexibility index (Phi) is 5.01. The van der Waals surface area contributed by atoms with Gasteiger partial charge >= 0.3 is 6.03 Å². The zero-order chi connectivity index (χ0) is 12.8. The Labute approximate surface area is 105 Å². The number of hydrogen-bond donors (Lipinski definition) is 1. The molecule has 0 unspecified atom stereocenters. The first kappa shape index (κ1) is 13.6. The lowest BCUT2D eigenvalue weighted by molar-refractivity contribution is 0.180. The Morgan fingerprint density at radius 3 is 2.76 bits per heavy atom. The van der Waals surface area contributed by atoms with Crippen LogP contribution in [0.2, 0.25) is 0 Å². The number of aliphatic hydroxyl groups is 1. The summed E-state index contributed by atoms with van der Waals surface area (Å²) in [5.74, 6) is 5.43. The number of amides is 2. The summed E-state index contributed by atoms with van der Waals surface area (Å²) in [5.41, 5.74) is 0.879. The van der Waals surface area contributed by atoms with Crippen molar-refractivity contribution in [2.45, 2.75) is 6.54 Å². The van der Waals surface area contributed by atoms with Gasteiger partial charge in [-0.3, -0.25) is 0 Å². The Hall–Kier alpha value is -1.51. The van der Waals surface area contributed by atoms with Crippen molar-refractivity contribution in [3.63, 3.8) is 0 Å². The number of urea groups is 1. The van der Waals surface area contributed by atoms with Crippen LogP contribution in [0.25, 0.3) is 0 Å². The van der Waals surface area contributed by atoms with Crippen LogP contribution >= 0.6 is 11.3 Å². The highest BCUT2D eigenvalue weighted by Crippen LogP contribution is 2.16. The van der Waals surface area contributed by atoms with Crippen molar-refractivity contribution >= 4 is 17.4 Å². The molecule has 0 fully saturated rings. The summed E-state index contributed by atoms with van der Waals surface area (Å²) >= 11 is 1.56. The monoisotopic (exact) mass is 252 g/mol. The van der Waals surface area contributed by atoms with Gasteiger partial charge in [0.1, 0.15) is 6.61 Å². The van der Waals surface area contributed by atoms with Gasteiger partial charge < -0.3 is 14.9 Å². The van der Waals surface area contributed by atoms with E-state index in [-0.39, 0.29) is 12.6 Å². The number of hydrogen-bond acceptors (Lipinski definition) is 3. The van der Waals surface area contributed by atoms with Gasteiger partial charge in [0.2, 0.25) is 0 Å². The van der Waals surface area contributed by atoms with Gasteiger partial charge in [-0.1, -0.05) is 11.8 Å². The van der Waals surface area contributed by atoms with Crippen LogP contribution in [0.15, 0.2) is 11.4 Å².